The maximum absolute atomic E-state index is 13.6. The van der Waals surface area contributed by atoms with Gasteiger partial charge in [-0.25, -0.2) is 4.98 Å². The van der Waals surface area contributed by atoms with Crippen LogP contribution in [0.15, 0.2) is 71.5 Å². The minimum absolute atomic E-state index is 0.00268. The number of halogens is 7. The Bertz CT molecular complexity index is 1500. The number of hydrogen-bond acceptors (Lipinski definition) is 4. The Hall–Kier alpha value is -3.57. The first-order valence-electron chi connectivity index (χ1n) is 10.6. The number of aromatic nitrogens is 2. The highest BCUT2D eigenvalue weighted by Crippen LogP contribution is 2.50. The molecule has 194 valence electrons. The number of hydrogen-bond donors (Lipinski definition) is 1. The van der Waals surface area contributed by atoms with Crippen LogP contribution in [0.1, 0.15) is 17.0 Å². The van der Waals surface area contributed by atoms with Crippen molar-refractivity contribution < 1.29 is 36.2 Å². The van der Waals surface area contributed by atoms with Gasteiger partial charge in [0.1, 0.15) is 11.6 Å². The van der Waals surface area contributed by atoms with Gasteiger partial charge >= 0.3 is 12.4 Å². The number of aliphatic hydroxyl groups is 1. The van der Waals surface area contributed by atoms with E-state index in [1.165, 1.54) is 19.2 Å². The monoisotopic (exact) mass is 542 g/mol. The molecule has 4 rings (SSSR count). The minimum Gasteiger partial charge on any atom is -0.495 e. The lowest BCUT2D eigenvalue weighted by Crippen LogP contribution is -2.54. The molecule has 12 heteroatoms. The molecule has 0 spiro atoms. The fraction of sp³-hybridized carbons (Fsp3) is 0.200. The summed E-state index contributed by atoms with van der Waals surface area (Å²) in [5, 5.41) is 10.00. The third kappa shape index (κ3) is 4.64. The van der Waals surface area contributed by atoms with Crippen LogP contribution in [0.2, 0.25) is 5.02 Å². The molecule has 0 unspecified atom stereocenters. The Balaban J connectivity index is 2.03. The molecule has 1 N–H and O–H groups in total. The second-order valence-corrected chi connectivity index (χ2v) is 8.50. The lowest BCUT2D eigenvalue weighted by atomic mass is 9.92. The summed E-state index contributed by atoms with van der Waals surface area (Å²) < 4.78 is 87.1. The van der Waals surface area contributed by atoms with Crippen molar-refractivity contribution in [2.24, 2.45) is 0 Å². The number of methoxy groups -OCH3 is 1. The Morgan fingerprint density at radius 1 is 0.946 bits per heavy atom. The molecule has 1 heterocycles. The molecule has 0 aliphatic carbocycles. The molecule has 0 amide bonds. The van der Waals surface area contributed by atoms with Crippen LogP contribution in [-0.2, 0) is 12.0 Å². The number of ether oxygens (including phenoxy) is 1. The van der Waals surface area contributed by atoms with Gasteiger partial charge in [-0.2, -0.15) is 26.3 Å². The normalized spacial score (nSPS) is 12.7. The van der Waals surface area contributed by atoms with E-state index in [2.05, 4.69) is 4.98 Å². The van der Waals surface area contributed by atoms with Crippen LogP contribution in [0.25, 0.3) is 16.6 Å². The first-order valence-corrected chi connectivity index (χ1v) is 11.0. The van der Waals surface area contributed by atoms with Gasteiger partial charge in [0, 0.05) is 12.0 Å². The van der Waals surface area contributed by atoms with Crippen LogP contribution >= 0.6 is 11.6 Å². The average molecular weight is 543 g/mol. The summed E-state index contributed by atoms with van der Waals surface area (Å²) in [7, 11) is 1.31. The van der Waals surface area contributed by atoms with E-state index in [1.54, 1.807) is 30.3 Å². The van der Waals surface area contributed by atoms with Crippen molar-refractivity contribution in [3.63, 3.8) is 0 Å². The average Bonchev–Trinajstić information content (AvgIpc) is 2.82. The molecule has 37 heavy (non-hydrogen) atoms. The van der Waals surface area contributed by atoms with Crippen molar-refractivity contribution in [1.82, 2.24) is 9.55 Å². The lowest BCUT2D eigenvalue weighted by Gasteiger charge is -2.33. The zero-order valence-electron chi connectivity index (χ0n) is 18.9. The molecular formula is C25H17ClF6N2O3. The fourth-order valence-electron chi connectivity index (χ4n) is 3.91. The van der Waals surface area contributed by atoms with E-state index in [0.717, 1.165) is 16.7 Å². The summed E-state index contributed by atoms with van der Waals surface area (Å²) in [6, 6.07) is 14.2. The van der Waals surface area contributed by atoms with Crippen molar-refractivity contribution in [3.05, 3.63) is 99.1 Å². The van der Waals surface area contributed by atoms with E-state index in [9.17, 15) is 36.2 Å². The summed E-state index contributed by atoms with van der Waals surface area (Å²) in [5.74, 6) is 0.136. The van der Waals surface area contributed by atoms with Crippen LogP contribution in [0.4, 0.5) is 26.3 Å². The van der Waals surface area contributed by atoms with Crippen molar-refractivity contribution in [2.45, 2.75) is 24.4 Å². The number of benzene rings is 3. The highest BCUT2D eigenvalue weighted by molar-refractivity contribution is 6.32. The highest BCUT2D eigenvalue weighted by Gasteiger charge is 2.71. The SMILES string of the molecule is COc1cc2c(=O)n(-c3cccc(C(O)(C(F)(F)F)C(F)(F)F)c3)c(Cc3ccccc3)nc2cc1Cl. The van der Waals surface area contributed by atoms with E-state index in [-0.39, 0.29) is 39.6 Å². The second kappa shape index (κ2) is 9.38. The fourth-order valence-corrected chi connectivity index (χ4v) is 4.15. The van der Waals surface area contributed by atoms with Gasteiger partial charge in [0.2, 0.25) is 0 Å². The molecule has 5 nitrogen and oxygen atoms in total. The Morgan fingerprint density at radius 3 is 2.19 bits per heavy atom. The van der Waals surface area contributed by atoms with E-state index in [1.807, 2.05) is 0 Å². The van der Waals surface area contributed by atoms with Crippen molar-refractivity contribution >= 4 is 22.5 Å². The first-order chi connectivity index (χ1) is 17.3. The van der Waals surface area contributed by atoms with Gasteiger partial charge in [-0.05, 0) is 29.8 Å². The van der Waals surface area contributed by atoms with Crippen LogP contribution in [0.3, 0.4) is 0 Å². The molecule has 1 aromatic heterocycles. The third-order valence-electron chi connectivity index (χ3n) is 5.76. The Morgan fingerprint density at radius 2 is 1.59 bits per heavy atom. The smallest absolute Gasteiger partial charge is 0.430 e. The predicted molar refractivity (Wildman–Crippen MR) is 124 cm³/mol. The second-order valence-electron chi connectivity index (χ2n) is 8.09. The van der Waals surface area contributed by atoms with E-state index < -0.39 is 29.1 Å². The minimum atomic E-state index is -6.09. The molecule has 0 saturated carbocycles. The quantitative estimate of drug-likeness (QED) is 0.317. The van der Waals surface area contributed by atoms with E-state index in [4.69, 9.17) is 16.3 Å². The molecule has 0 aliphatic heterocycles. The van der Waals surface area contributed by atoms with Crippen molar-refractivity contribution in [2.75, 3.05) is 7.11 Å². The van der Waals surface area contributed by atoms with Gasteiger partial charge in [0.15, 0.2) is 0 Å². The molecule has 0 saturated heterocycles. The van der Waals surface area contributed by atoms with E-state index in [0.29, 0.717) is 17.7 Å². The standard InChI is InChI=1S/C25H17ClF6N2O3/c1-37-20-12-17-19(13-18(20)26)33-21(10-14-6-3-2-4-7-14)34(22(17)35)16-9-5-8-15(11-16)23(36,24(27,28)29)25(30,31)32/h2-9,11-13,36H,10H2,1H3. The number of rotatable bonds is 5. The van der Waals surface area contributed by atoms with Crippen molar-refractivity contribution in [1.29, 1.82) is 0 Å². The predicted octanol–water partition coefficient (Wildman–Crippen LogP) is 5.95. The number of fused-ring (bicyclic) bond motifs is 1. The molecule has 0 fully saturated rings. The van der Waals surface area contributed by atoms with Gasteiger partial charge in [0.25, 0.3) is 11.2 Å². The summed E-state index contributed by atoms with van der Waals surface area (Å²) in [6.07, 6.45) is -12.2. The summed E-state index contributed by atoms with van der Waals surface area (Å²) in [5.41, 5.74) is -7.00. The van der Waals surface area contributed by atoms with Gasteiger partial charge < -0.3 is 9.84 Å². The maximum atomic E-state index is 13.6. The van der Waals surface area contributed by atoms with Crippen LogP contribution in [-0.4, -0.2) is 34.1 Å². The summed E-state index contributed by atoms with van der Waals surface area (Å²) >= 11 is 6.17. The van der Waals surface area contributed by atoms with Gasteiger partial charge in [-0.15, -0.1) is 0 Å². The topological polar surface area (TPSA) is 64.3 Å². The Labute approximate surface area is 210 Å². The highest BCUT2D eigenvalue weighted by atomic mass is 35.5. The Kier molecular flexibility index (Phi) is 6.72. The van der Waals surface area contributed by atoms with Crippen LogP contribution in [0, 0.1) is 0 Å². The summed E-state index contributed by atoms with van der Waals surface area (Å²) in [6.45, 7) is 0. The molecule has 0 aliphatic rings. The van der Waals surface area contributed by atoms with Crippen molar-refractivity contribution in [3.8, 4) is 11.4 Å². The van der Waals surface area contributed by atoms with Gasteiger partial charge in [0.05, 0.1) is 28.7 Å². The summed E-state index contributed by atoms with van der Waals surface area (Å²) in [4.78, 5) is 18.0. The molecule has 0 bridgehead atoms. The molecular weight excluding hydrogens is 526 g/mol. The first kappa shape index (κ1) is 26.5. The maximum Gasteiger partial charge on any atom is 0.430 e. The zero-order valence-corrected chi connectivity index (χ0v) is 19.6. The lowest BCUT2D eigenvalue weighted by molar-refractivity contribution is -0.376. The zero-order chi connectivity index (χ0) is 27.2. The molecule has 0 radical (unpaired) electrons. The molecule has 0 atom stereocenters. The van der Waals surface area contributed by atoms with E-state index >= 15 is 0 Å². The van der Waals surface area contributed by atoms with Gasteiger partial charge in [-0.3, -0.25) is 9.36 Å². The number of alkyl halides is 6. The number of nitrogens with zero attached hydrogens (tertiary/aromatic N) is 2. The van der Waals surface area contributed by atoms with Crippen LogP contribution in [0.5, 0.6) is 5.75 Å². The largest absolute Gasteiger partial charge is 0.495 e. The van der Waals surface area contributed by atoms with Gasteiger partial charge in [-0.1, -0.05) is 54.1 Å². The van der Waals surface area contributed by atoms with Crippen LogP contribution < -0.4 is 10.3 Å². The molecule has 4 aromatic rings. The molecule has 3 aromatic carbocycles. The third-order valence-corrected chi connectivity index (χ3v) is 6.05.